The molecule has 1 saturated carbocycles. The van der Waals surface area contributed by atoms with Crippen LogP contribution in [0.4, 0.5) is 0 Å². The van der Waals surface area contributed by atoms with Gasteiger partial charge in [-0.25, -0.2) is 4.98 Å². The van der Waals surface area contributed by atoms with Crippen LogP contribution in [0.25, 0.3) is 0 Å². The Balaban J connectivity index is 1.74. The molecular weight excluding hydrogens is 326 g/mol. The lowest BCUT2D eigenvalue weighted by atomic mass is 9.77. The zero-order valence-corrected chi connectivity index (χ0v) is 16.4. The molecule has 5 heteroatoms. The van der Waals surface area contributed by atoms with Crippen molar-refractivity contribution in [3.63, 3.8) is 0 Å². The summed E-state index contributed by atoms with van der Waals surface area (Å²) in [5.74, 6) is 1.60. The van der Waals surface area contributed by atoms with Gasteiger partial charge in [-0.3, -0.25) is 4.79 Å². The molecule has 0 radical (unpaired) electrons. The molecular formula is C21H31N3O2. The number of aryl methyl sites for hydroxylation is 1. The number of ether oxygens (including phenoxy) is 1. The number of allylic oxidation sites excluding steroid dienone is 1. The van der Waals surface area contributed by atoms with Gasteiger partial charge in [-0.1, -0.05) is 12.8 Å². The molecule has 1 aliphatic heterocycles. The Morgan fingerprint density at radius 1 is 1.31 bits per heavy atom. The number of hydrogen-bond donors (Lipinski definition) is 0. The van der Waals surface area contributed by atoms with Crippen molar-refractivity contribution in [3.8, 4) is 5.75 Å². The molecule has 0 spiro atoms. The van der Waals surface area contributed by atoms with Gasteiger partial charge in [0, 0.05) is 42.5 Å². The zero-order chi connectivity index (χ0) is 18.7. The maximum Gasteiger partial charge on any atom is 0.172 e. The number of pyridine rings is 1. The summed E-state index contributed by atoms with van der Waals surface area (Å²) in [4.78, 5) is 20.4. The summed E-state index contributed by atoms with van der Waals surface area (Å²) in [5.41, 5.74) is 2.69. The average Bonchev–Trinajstić information content (AvgIpc) is 3.02. The second kappa shape index (κ2) is 8.11. The van der Waals surface area contributed by atoms with E-state index in [4.69, 9.17) is 4.74 Å². The first-order chi connectivity index (χ1) is 12.5. The fraction of sp³-hybridized carbons (Fsp3) is 0.619. The molecule has 2 aliphatic rings. The highest BCUT2D eigenvalue weighted by Gasteiger charge is 2.35. The van der Waals surface area contributed by atoms with Crippen LogP contribution in [0.5, 0.6) is 5.75 Å². The van der Waals surface area contributed by atoms with Gasteiger partial charge in [-0.2, -0.15) is 0 Å². The van der Waals surface area contributed by atoms with Gasteiger partial charge < -0.3 is 14.5 Å². The molecule has 0 saturated heterocycles. The molecule has 3 rings (SSSR count). The average molecular weight is 357 g/mol. The van der Waals surface area contributed by atoms with E-state index in [0.29, 0.717) is 35.9 Å². The highest BCUT2D eigenvalue weighted by molar-refractivity contribution is 5.76. The minimum Gasteiger partial charge on any atom is -0.491 e. The van der Waals surface area contributed by atoms with E-state index in [9.17, 15) is 4.79 Å². The molecule has 26 heavy (non-hydrogen) atoms. The number of aldehydes is 1. The molecule has 5 nitrogen and oxygen atoms in total. The zero-order valence-electron chi connectivity index (χ0n) is 16.4. The van der Waals surface area contributed by atoms with Gasteiger partial charge in [0.1, 0.15) is 11.4 Å². The van der Waals surface area contributed by atoms with Gasteiger partial charge in [-0.15, -0.1) is 0 Å². The smallest absolute Gasteiger partial charge is 0.172 e. The van der Waals surface area contributed by atoms with Crippen molar-refractivity contribution in [2.75, 3.05) is 20.3 Å². The lowest BCUT2D eigenvalue weighted by molar-refractivity contribution is 0.110. The van der Waals surface area contributed by atoms with Crippen LogP contribution in [0.2, 0.25) is 0 Å². The summed E-state index contributed by atoms with van der Waals surface area (Å²) in [7, 11) is 2.14. The Labute approximate surface area is 157 Å². The summed E-state index contributed by atoms with van der Waals surface area (Å²) < 4.78 is 6.08. The van der Waals surface area contributed by atoms with Crippen LogP contribution in [0.15, 0.2) is 24.0 Å². The molecule has 1 aliphatic carbocycles. The van der Waals surface area contributed by atoms with E-state index in [0.717, 1.165) is 18.6 Å². The molecule has 0 bridgehead atoms. The number of rotatable bonds is 6. The normalized spacial score (nSPS) is 23.3. The predicted octanol–water partition coefficient (Wildman–Crippen LogP) is 3.84. The van der Waals surface area contributed by atoms with Crippen LogP contribution >= 0.6 is 0 Å². The van der Waals surface area contributed by atoms with Gasteiger partial charge in [0.15, 0.2) is 6.29 Å². The molecule has 2 heterocycles. The number of carbonyl (C=O) groups excluding carboxylic acids is 1. The SMILES string of the molecule is Cc1ccc(OCC2CCCCC2C2=CN(C)CN2C(C)C)c(C=O)n1. The lowest BCUT2D eigenvalue weighted by Crippen LogP contribution is -2.37. The van der Waals surface area contributed by atoms with Crippen molar-refractivity contribution in [1.82, 2.24) is 14.8 Å². The number of nitrogens with zero attached hydrogens (tertiary/aromatic N) is 3. The predicted molar refractivity (Wildman–Crippen MR) is 103 cm³/mol. The monoisotopic (exact) mass is 357 g/mol. The molecule has 0 aromatic carbocycles. The third-order valence-corrected chi connectivity index (χ3v) is 5.56. The Kier molecular flexibility index (Phi) is 5.84. The van der Waals surface area contributed by atoms with Crippen molar-refractivity contribution >= 4 is 6.29 Å². The molecule has 1 aromatic rings. The van der Waals surface area contributed by atoms with Crippen LogP contribution in [0.3, 0.4) is 0 Å². The van der Waals surface area contributed by atoms with E-state index in [1.54, 1.807) is 0 Å². The Morgan fingerprint density at radius 2 is 2.08 bits per heavy atom. The van der Waals surface area contributed by atoms with E-state index in [1.807, 2.05) is 19.1 Å². The maximum atomic E-state index is 11.3. The van der Waals surface area contributed by atoms with Crippen molar-refractivity contribution in [2.45, 2.75) is 52.5 Å². The van der Waals surface area contributed by atoms with Crippen molar-refractivity contribution in [1.29, 1.82) is 0 Å². The maximum absolute atomic E-state index is 11.3. The quantitative estimate of drug-likeness (QED) is 0.724. The highest BCUT2D eigenvalue weighted by Crippen LogP contribution is 2.39. The van der Waals surface area contributed by atoms with E-state index in [1.165, 1.54) is 31.4 Å². The summed E-state index contributed by atoms with van der Waals surface area (Å²) in [6.07, 6.45) is 8.02. The Hall–Kier alpha value is -2.04. The van der Waals surface area contributed by atoms with Crippen molar-refractivity contribution in [2.24, 2.45) is 11.8 Å². The first-order valence-corrected chi connectivity index (χ1v) is 9.73. The van der Waals surface area contributed by atoms with E-state index < -0.39 is 0 Å². The van der Waals surface area contributed by atoms with Gasteiger partial charge in [0.2, 0.25) is 0 Å². The second-order valence-electron chi connectivity index (χ2n) is 7.93. The Bertz CT molecular complexity index is 671. The third-order valence-electron chi connectivity index (χ3n) is 5.56. The van der Waals surface area contributed by atoms with Crippen molar-refractivity contribution in [3.05, 3.63) is 35.4 Å². The molecule has 2 atom stereocenters. The first-order valence-electron chi connectivity index (χ1n) is 9.73. The van der Waals surface area contributed by atoms with Crippen LogP contribution in [0.1, 0.15) is 55.7 Å². The minimum absolute atomic E-state index is 0.404. The summed E-state index contributed by atoms with van der Waals surface area (Å²) in [6, 6.07) is 4.26. The summed E-state index contributed by atoms with van der Waals surface area (Å²) in [6.45, 7) is 8.01. The number of hydrogen-bond acceptors (Lipinski definition) is 5. The molecule has 1 fully saturated rings. The van der Waals surface area contributed by atoms with Crippen LogP contribution in [0, 0.1) is 18.8 Å². The standard InChI is InChI=1S/C21H31N3O2/c1-15(2)24-14-23(4)11-20(24)18-8-6-5-7-17(18)13-26-21-10-9-16(3)22-19(21)12-25/h9-12,15,17-18H,5-8,13-14H2,1-4H3. The number of aromatic nitrogens is 1. The van der Waals surface area contributed by atoms with E-state index in [2.05, 4.69) is 41.9 Å². The number of carbonyl (C=O) groups is 1. The largest absolute Gasteiger partial charge is 0.491 e. The topological polar surface area (TPSA) is 45.7 Å². The van der Waals surface area contributed by atoms with Crippen LogP contribution in [-0.2, 0) is 0 Å². The van der Waals surface area contributed by atoms with Gasteiger partial charge in [0.25, 0.3) is 0 Å². The molecule has 0 N–H and O–H groups in total. The summed E-state index contributed by atoms with van der Waals surface area (Å²) >= 11 is 0. The highest BCUT2D eigenvalue weighted by atomic mass is 16.5. The van der Waals surface area contributed by atoms with Crippen LogP contribution in [-0.4, -0.2) is 47.4 Å². The lowest BCUT2D eigenvalue weighted by Gasteiger charge is -2.37. The second-order valence-corrected chi connectivity index (χ2v) is 7.93. The van der Waals surface area contributed by atoms with E-state index in [-0.39, 0.29) is 0 Å². The van der Waals surface area contributed by atoms with E-state index >= 15 is 0 Å². The Morgan fingerprint density at radius 3 is 2.81 bits per heavy atom. The molecule has 0 amide bonds. The summed E-state index contributed by atoms with van der Waals surface area (Å²) in [5, 5.41) is 0. The molecule has 142 valence electrons. The van der Waals surface area contributed by atoms with Gasteiger partial charge in [-0.05, 0) is 45.7 Å². The first kappa shape index (κ1) is 18.7. The van der Waals surface area contributed by atoms with Gasteiger partial charge in [0.05, 0.1) is 13.3 Å². The van der Waals surface area contributed by atoms with Crippen LogP contribution < -0.4 is 4.74 Å². The fourth-order valence-electron chi connectivity index (χ4n) is 4.20. The fourth-order valence-corrected chi connectivity index (χ4v) is 4.20. The minimum atomic E-state index is 0.404. The third kappa shape index (κ3) is 4.02. The molecule has 1 aromatic heterocycles. The van der Waals surface area contributed by atoms with Gasteiger partial charge >= 0.3 is 0 Å². The molecule has 2 unspecified atom stereocenters. The van der Waals surface area contributed by atoms with Crippen molar-refractivity contribution < 1.29 is 9.53 Å².